The van der Waals surface area contributed by atoms with E-state index in [9.17, 15) is 9.18 Å². The quantitative estimate of drug-likeness (QED) is 0.790. The minimum absolute atomic E-state index is 0.0202. The second-order valence-electron chi connectivity index (χ2n) is 5.87. The molecule has 0 radical (unpaired) electrons. The first kappa shape index (κ1) is 13.9. The second-order valence-corrected chi connectivity index (χ2v) is 5.87. The topological polar surface area (TPSA) is 46.4 Å². The summed E-state index contributed by atoms with van der Waals surface area (Å²) in [7, 11) is 0. The van der Waals surface area contributed by atoms with Crippen LogP contribution in [0.2, 0.25) is 0 Å². The first-order chi connectivity index (χ1) is 11.2. The van der Waals surface area contributed by atoms with Crippen LogP contribution in [-0.2, 0) is 17.6 Å². The van der Waals surface area contributed by atoms with E-state index in [1.54, 1.807) is 12.1 Å². The fourth-order valence-electron chi connectivity index (χ4n) is 3.16. The first-order valence-electron chi connectivity index (χ1n) is 7.72. The molecule has 0 bridgehead atoms. The third-order valence-electron chi connectivity index (χ3n) is 4.36. The van der Waals surface area contributed by atoms with Crippen LogP contribution in [0, 0.1) is 11.7 Å². The molecule has 5 heteroatoms. The van der Waals surface area contributed by atoms with Crippen molar-refractivity contribution in [1.82, 2.24) is 9.38 Å². The van der Waals surface area contributed by atoms with Crippen LogP contribution in [0.25, 0.3) is 5.65 Å². The van der Waals surface area contributed by atoms with Crippen molar-refractivity contribution in [3.8, 4) is 0 Å². The summed E-state index contributed by atoms with van der Waals surface area (Å²) in [5.41, 5.74) is 3.76. The molecule has 2 aromatic heterocycles. The highest BCUT2D eigenvalue weighted by Gasteiger charge is 2.28. The van der Waals surface area contributed by atoms with Crippen LogP contribution in [-0.4, -0.2) is 15.3 Å². The van der Waals surface area contributed by atoms with Crippen LogP contribution in [0.5, 0.6) is 0 Å². The Morgan fingerprint density at radius 1 is 1.22 bits per heavy atom. The molecule has 1 atom stereocenters. The number of pyridine rings is 1. The van der Waals surface area contributed by atoms with Gasteiger partial charge in [-0.1, -0.05) is 6.07 Å². The molecular formula is C18H16FN3O. The van der Waals surface area contributed by atoms with Gasteiger partial charge in [-0.25, -0.2) is 9.37 Å². The minimum Gasteiger partial charge on any atom is -0.326 e. The number of hydrogen-bond donors (Lipinski definition) is 1. The largest absolute Gasteiger partial charge is 0.326 e. The number of carbonyl (C=O) groups is 1. The third-order valence-corrected chi connectivity index (χ3v) is 4.36. The van der Waals surface area contributed by atoms with Crippen molar-refractivity contribution in [2.24, 2.45) is 5.92 Å². The van der Waals surface area contributed by atoms with Gasteiger partial charge < -0.3 is 9.72 Å². The van der Waals surface area contributed by atoms with E-state index in [0.29, 0.717) is 12.1 Å². The Morgan fingerprint density at radius 3 is 2.87 bits per heavy atom. The second kappa shape index (κ2) is 5.50. The van der Waals surface area contributed by atoms with Gasteiger partial charge in [0.15, 0.2) is 0 Å². The molecule has 0 saturated carbocycles. The summed E-state index contributed by atoms with van der Waals surface area (Å²) < 4.78 is 15.0. The van der Waals surface area contributed by atoms with Crippen molar-refractivity contribution in [3.63, 3.8) is 0 Å². The van der Waals surface area contributed by atoms with Crippen molar-refractivity contribution in [2.75, 3.05) is 5.32 Å². The lowest BCUT2D eigenvalue weighted by Gasteiger charge is -2.21. The van der Waals surface area contributed by atoms with Gasteiger partial charge in [0.25, 0.3) is 0 Å². The lowest BCUT2D eigenvalue weighted by atomic mass is 9.89. The van der Waals surface area contributed by atoms with Gasteiger partial charge in [-0.05, 0) is 49.2 Å². The molecule has 23 heavy (non-hydrogen) atoms. The maximum Gasteiger partial charge on any atom is 0.227 e. The predicted octanol–water partition coefficient (Wildman–Crippen LogP) is 3.22. The standard InChI is InChI=1S/C18H16FN3O/c19-13-5-7-14(8-6-13)20-18(23)12-4-9-15-16(11-12)22-10-2-1-3-17(22)21-15/h1-3,5-8,10,12H,4,9,11H2,(H,20,23). The van der Waals surface area contributed by atoms with E-state index in [1.807, 2.05) is 24.4 Å². The highest BCUT2D eigenvalue weighted by Crippen LogP contribution is 2.27. The number of hydrogen-bond acceptors (Lipinski definition) is 2. The van der Waals surface area contributed by atoms with Gasteiger partial charge in [0, 0.05) is 29.9 Å². The minimum atomic E-state index is -0.309. The number of aryl methyl sites for hydroxylation is 1. The first-order valence-corrected chi connectivity index (χ1v) is 7.72. The molecule has 4 nitrogen and oxygen atoms in total. The van der Waals surface area contributed by atoms with E-state index < -0.39 is 0 Å². The fraction of sp³-hybridized carbons (Fsp3) is 0.222. The molecule has 0 aliphatic heterocycles. The van der Waals surface area contributed by atoms with Gasteiger partial charge in [0.05, 0.1) is 5.69 Å². The number of carbonyl (C=O) groups excluding carboxylic acids is 1. The Kier molecular flexibility index (Phi) is 3.33. The zero-order chi connectivity index (χ0) is 15.8. The van der Waals surface area contributed by atoms with Gasteiger partial charge >= 0.3 is 0 Å². The summed E-state index contributed by atoms with van der Waals surface area (Å²) in [5, 5.41) is 2.87. The molecular weight excluding hydrogens is 293 g/mol. The molecule has 0 saturated heterocycles. The number of rotatable bonds is 2. The Morgan fingerprint density at radius 2 is 2.04 bits per heavy atom. The molecule has 0 fully saturated rings. The summed E-state index contributed by atoms with van der Waals surface area (Å²) in [5.74, 6) is -0.420. The molecule has 1 aliphatic rings. The normalized spacial score (nSPS) is 17.0. The van der Waals surface area contributed by atoms with E-state index in [4.69, 9.17) is 0 Å². The Bertz CT molecular complexity index is 870. The lowest BCUT2D eigenvalue weighted by molar-refractivity contribution is -0.120. The molecule has 1 aromatic carbocycles. The predicted molar refractivity (Wildman–Crippen MR) is 85.7 cm³/mol. The highest BCUT2D eigenvalue weighted by atomic mass is 19.1. The van der Waals surface area contributed by atoms with Crippen molar-refractivity contribution in [3.05, 3.63) is 65.9 Å². The summed E-state index contributed by atoms with van der Waals surface area (Å²) in [6, 6.07) is 11.8. The van der Waals surface area contributed by atoms with E-state index in [2.05, 4.69) is 14.7 Å². The monoisotopic (exact) mass is 309 g/mol. The number of benzene rings is 1. The summed E-state index contributed by atoms with van der Waals surface area (Å²) in [4.78, 5) is 17.1. The maximum absolute atomic E-state index is 12.9. The summed E-state index contributed by atoms with van der Waals surface area (Å²) in [6.07, 6.45) is 4.25. The zero-order valence-electron chi connectivity index (χ0n) is 12.5. The molecule has 1 N–H and O–H groups in total. The summed E-state index contributed by atoms with van der Waals surface area (Å²) >= 11 is 0. The molecule has 1 unspecified atom stereocenters. The molecule has 1 amide bonds. The number of amides is 1. The Hall–Kier alpha value is -2.69. The Balaban J connectivity index is 1.55. The number of anilines is 1. The van der Waals surface area contributed by atoms with Gasteiger partial charge in [-0.15, -0.1) is 0 Å². The third kappa shape index (κ3) is 2.59. The highest BCUT2D eigenvalue weighted by molar-refractivity contribution is 5.92. The van der Waals surface area contributed by atoms with Crippen LogP contribution in [0.3, 0.4) is 0 Å². The molecule has 4 rings (SSSR count). The average molecular weight is 309 g/mol. The number of fused-ring (bicyclic) bond motifs is 3. The zero-order valence-corrected chi connectivity index (χ0v) is 12.5. The number of imidazole rings is 1. The molecule has 116 valence electrons. The SMILES string of the molecule is O=C(Nc1ccc(F)cc1)C1CCc2nc3ccccn3c2C1. The van der Waals surface area contributed by atoms with Crippen molar-refractivity contribution >= 4 is 17.2 Å². The van der Waals surface area contributed by atoms with Crippen LogP contribution < -0.4 is 5.32 Å². The molecule has 3 aromatic rings. The summed E-state index contributed by atoms with van der Waals surface area (Å²) in [6.45, 7) is 0. The number of aromatic nitrogens is 2. The van der Waals surface area contributed by atoms with Crippen molar-refractivity contribution in [2.45, 2.75) is 19.3 Å². The van der Waals surface area contributed by atoms with Gasteiger partial charge in [-0.3, -0.25) is 4.79 Å². The van der Waals surface area contributed by atoms with E-state index >= 15 is 0 Å². The molecule has 2 heterocycles. The van der Waals surface area contributed by atoms with Gasteiger partial charge in [-0.2, -0.15) is 0 Å². The van der Waals surface area contributed by atoms with Crippen LogP contribution >= 0.6 is 0 Å². The van der Waals surface area contributed by atoms with E-state index in [0.717, 1.165) is 29.9 Å². The van der Waals surface area contributed by atoms with E-state index in [-0.39, 0.29) is 17.6 Å². The molecule has 0 spiro atoms. The van der Waals surface area contributed by atoms with Crippen LogP contribution in [0.4, 0.5) is 10.1 Å². The van der Waals surface area contributed by atoms with Crippen LogP contribution in [0.1, 0.15) is 17.8 Å². The lowest BCUT2D eigenvalue weighted by Crippen LogP contribution is -2.28. The van der Waals surface area contributed by atoms with Crippen molar-refractivity contribution < 1.29 is 9.18 Å². The fourth-order valence-corrected chi connectivity index (χ4v) is 3.16. The average Bonchev–Trinajstić information content (AvgIpc) is 2.94. The number of halogens is 1. The van der Waals surface area contributed by atoms with Gasteiger partial charge in [0.2, 0.25) is 5.91 Å². The van der Waals surface area contributed by atoms with Crippen LogP contribution in [0.15, 0.2) is 48.7 Å². The van der Waals surface area contributed by atoms with Crippen molar-refractivity contribution in [1.29, 1.82) is 0 Å². The smallest absolute Gasteiger partial charge is 0.227 e. The Labute approximate surface area is 133 Å². The molecule has 1 aliphatic carbocycles. The van der Waals surface area contributed by atoms with Gasteiger partial charge in [0.1, 0.15) is 11.5 Å². The number of nitrogens with one attached hydrogen (secondary N) is 1. The number of nitrogens with zero attached hydrogens (tertiary/aromatic N) is 2. The van der Waals surface area contributed by atoms with E-state index in [1.165, 1.54) is 12.1 Å². The maximum atomic E-state index is 12.9.